The molecule has 0 aliphatic carbocycles. The fraction of sp³-hybridized carbons (Fsp3) is 0.571. The molecule has 24 heavy (non-hydrogen) atoms. The van der Waals surface area contributed by atoms with E-state index in [1.54, 1.807) is 0 Å². The summed E-state index contributed by atoms with van der Waals surface area (Å²) in [5.41, 5.74) is 2.96. The van der Waals surface area contributed by atoms with E-state index in [0.717, 1.165) is 17.3 Å². The van der Waals surface area contributed by atoms with Gasteiger partial charge in [0.2, 0.25) is 0 Å². The second-order valence-electron chi connectivity index (χ2n) is 6.67. The zero-order chi connectivity index (χ0) is 17.2. The minimum Gasteiger partial charge on any atom is -0.465 e. The number of carbonyl (C=O) groups excluding carboxylic acids is 1. The highest BCUT2D eigenvalue weighted by Crippen LogP contribution is 2.19. The van der Waals surface area contributed by atoms with E-state index < -0.39 is 0 Å². The second-order valence-corrected chi connectivity index (χ2v) is 6.67. The van der Waals surface area contributed by atoms with Gasteiger partial charge in [0.25, 0.3) is 0 Å². The third kappa shape index (κ3) is 5.70. The number of fused-ring (bicyclic) bond motifs is 1. The summed E-state index contributed by atoms with van der Waals surface area (Å²) in [4.78, 5) is 15.0. The molecule has 0 aliphatic rings. The smallest absolute Gasteiger partial charge is 0.337 e. The van der Waals surface area contributed by atoms with E-state index in [-0.39, 0.29) is 5.97 Å². The Morgan fingerprint density at radius 1 is 0.958 bits per heavy atom. The van der Waals surface area contributed by atoms with Crippen LogP contribution in [0.15, 0.2) is 24.3 Å². The Morgan fingerprint density at radius 2 is 1.62 bits per heavy atom. The molecule has 2 aromatic rings. The van der Waals surface area contributed by atoms with Gasteiger partial charge in [-0.05, 0) is 37.1 Å². The number of carbonyl (C=O) groups is 1. The summed E-state index contributed by atoms with van der Waals surface area (Å²) in [6.07, 6.45) is 13.2. The lowest BCUT2D eigenvalue weighted by Crippen LogP contribution is -2.00. The molecule has 0 unspecified atom stereocenters. The number of nitrogens with one attached hydrogen (secondary N) is 1. The van der Waals surface area contributed by atoms with Gasteiger partial charge in [-0.25, -0.2) is 4.79 Å². The Balaban J connectivity index is 1.70. The van der Waals surface area contributed by atoms with Crippen LogP contribution in [0.5, 0.6) is 0 Å². The van der Waals surface area contributed by atoms with Crippen molar-refractivity contribution in [2.75, 3.05) is 7.11 Å². The zero-order valence-corrected chi connectivity index (χ0v) is 15.2. The Kier molecular flexibility index (Phi) is 7.87. The Hall–Kier alpha value is -1.77. The molecule has 0 aliphatic heterocycles. The molecule has 3 heteroatoms. The van der Waals surface area contributed by atoms with Crippen LogP contribution in [0.2, 0.25) is 0 Å². The average molecular weight is 329 g/mol. The summed E-state index contributed by atoms with van der Waals surface area (Å²) >= 11 is 0. The number of rotatable bonds is 11. The maximum absolute atomic E-state index is 11.6. The number of methoxy groups -OCH3 is 1. The van der Waals surface area contributed by atoms with Gasteiger partial charge in [0, 0.05) is 16.6 Å². The van der Waals surface area contributed by atoms with Gasteiger partial charge in [0.1, 0.15) is 0 Å². The first-order valence-corrected chi connectivity index (χ1v) is 9.44. The average Bonchev–Trinajstić information content (AvgIpc) is 3.01. The van der Waals surface area contributed by atoms with Gasteiger partial charge in [0.05, 0.1) is 12.7 Å². The molecule has 1 aromatic heterocycles. The van der Waals surface area contributed by atoms with E-state index in [1.165, 1.54) is 70.6 Å². The largest absolute Gasteiger partial charge is 0.465 e. The van der Waals surface area contributed by atoms with E-state index in [2.05, 4.69) is 18.0 Å². The van der Waals surface area contributed by atoms with E-state index in [1.807, 2.05) is 18.2 Å². The first-order valence-electron chi connectivity index (χ1n) is 9.44. The first-order chi connectivity index (χ1) is 11.7. The maximum atomic E-state index is 11.6. The van der Waals surface area contributed by atoms with Crippen molar-refractivity contribution in [2.45, 2.75) is 71.1 Å². The fourth-order valence-corrected chi connectivity index (χ4v) is 3.20. The van der Waals surface area contributed by atoms with Crippen molar-refractivity contribution in [3.8, 4) is 0 Å². The van der Waals surface area contributed by atoms with Gasteiger partial charge in [0.15, 0.2) is 0 Å². The number of aromatic amines is 1. The Labute approximate surface area is 145 Å². The van der Waals surface area contributed by atoms with Crippen molar-refractivity contribution in [3.05, 3.63) is 35.5 Å². The topological polar surface area (TPSA) is 42.1 Å². The van der Waals surface area contributed by atoms with Crippen LogP contribution >= 0.6 is 0 Å². The lowest BCUT2D eigenvalue weighted by atomic mass is 10.1. The first kappa shape index (κ1) is 18.6. The van der Waals surface area contributed by atoms with E-state index >= 15 is 0 Å². The second kappa shape index (κ2) is 10.2. The molecule has 1 heterocycles. The van der Waals surface area contributed by atoms with Crippen LogP contribution in [0.3, 0.4) is 0 Å². The van der Waals surface area contributed by atoms with Crippen LogP contribution < -0.4 is 0 Å². The Morgan fingerprint density at radius 3 is 2.29 bits per heavy atom. The highest BCUT2D eigenvalue weighted by atomic mass is 16.5. The fourth-order valence-electron chi connectivity index (χ4n) is 3.20. The van der Waals surface area contributed by atoms with Crippen LogP contribution in [-0.2, 0) is 11.2 Å². The van der Waals surface area contributed by atoms with Crippen LogP contribution in [0.1, 0.15) is 80.8 Å². The molecule has 0 fully saturated rings. The SMILES string of the molecule is CCCCCCCCCCCc1cc2cc(C(=O)OC)ccc2[nH]1. The highest BCUT2D eigenvalue weighted by Gasteiger charge is 2.07. The number of esters is 1. The molecule has 2 rings (SSSR count). The number of benzene rings is 1. The summed E-state index contributed by atoms with van der Waals surface area (Å²) in [5, 5.41) is 1.09. The van der Waals surface area contributed by atoms with Crippen molar-refractivity contribution >= 4 is 16.9 Å². The number of hydrogen-bond acceptors (Lipinski definition) is 2. The molecule has 0 saturated heterocycles. The van der Waals surface area contributed by atoms with E-state index in [0.29, 0.717) is 5.56 Å². The number of aryl methyl sites for hydroxylation is 1. The standard InChI is InChI=1S/C21H31NO2/c1-3-4-5-6-7-8-9-10-11-12-19-16-18-15-17(21(23)24-2)13-14-20(18)22-19/h13-16,22H,3-12H2,1-2H3. The molecule has 0 spiro atoms. The number of unbranched alkanes of at least 4 members (excludes halogenated alkanes) is 8. The number of ether oxygens (including phenoxy) is 1. The number of H-pyrrole nitrogens is 1. The Bertz CT molecular complexity index is 630. The van der Waals surface area contributed by atoms with Crippen molar-refractivity contribution < 1.29 is 9.53 Å². The summed E-state index contributed by atoms with van der Waals surface area (Å²) in [5.74, 6) is -0.279. The molecule has 1 N–H and O–H groups in total. The molecule has 0 amide bonds. The molecule has 0 radical (unpaired) electrons. The van der Waals surface area contributed by atoms with Crippen molar-refractivity contribution in [2.24, 2.45) is 0 Å². The number of hydrogen-bond donors (Lipinski definition) is 1. The van der Waals surface area contributed by atoms with Crippen LogP contribution in [0.25, 0.3) is 10.9 Å². The van der Waals surface area contributed by atoms with Gasteiger partial charge in [-0.2, -0.15) is 0 Å². The molecule has 3 nitrogen and oxygen atoms in total. The summed E-state index contributed by atoms with van der Waals surface area (Å²) in [6.45, 7) is 2.26. The third-order valence-electron chi connectivity index (χ3n) is 4.65. The monoisotopic (exact) mass is 329 g/mol. The quantitative estimate of drug-likeness (QED) is 0.404. The molecule has 1 aromatic carbocycles. The van der Waals surface area contributed by atoms with Crippen LogP contribution in [-0.4, -0.2) is 18.1 Å². The molecule has 0 saturated carbocycles. The van der Waals surface area contributed by atoms with Crippen LogP contribution in [0, 0.1) is 0 Å². The molecule has 0 bridgehead atoms. The van der Waals surface area contributed by atoms with E-state index in [4.69, 9.17) is 4.74 Å². The molecule has 0 atom stereocenters. The summed E-state index contributed by atoms with van der Waals surface area (Å²) in [7, 11) is 1.42. The lowest BCUT2D eigenvalue weighted by molar-refractivity contribution is 0.0601. The lowest BCUT2D eigenvalue weighted by Gasteiger charge is -2.01. The number of aromatic nitrogens is 1. The molecule has 132 valence electrons. The zero-order valence-electron chi connectivity index (χ0n) is 15.2. The van der Waals surface area contributed by atoms with Gasteiger partial charge in [-0.15, -0.1) is 0 Å². The van der Waals surface area contributed by atoms with Gasteiger partial charge in [-0.1, -0.05) is 58.3 Å². The summed E-state index contributed by atoms with van der Waals surface area (Å²) < 4.78 is 4.78. The predicted molar refractivity (Wildman–Crippen MR) is 101 cm³/mol. The predicted octanol–water partition coefficient (Wildman–Crippen LogP) is 6.03. The minimum atomic E-state index is -0.279. The van der Waals surface area contributed by atoms with Crippen molar-refractivity contribution in [3.63, 3.8) is 0 Å². The van der Waals surface area contributed by atoms with E-state index in [9.17, 15) is 4.79 Å². The van der Waals surface area contributed by atoms with Gasteiger partial charge in [-0.3, -0.25) is 0 Å². The third-order valence-corrected chi connectivity index (χ3v) is 4.65. The van der Waals surface area contributed by atoms with Crippen molar-refractivity contribution in [1.29, 1.82) is 0 Å². The maximum Gasteiger partial charge on any atom is 0.337 e. The van der Waals surface area contributed by atoms with Crippen molar-refractivity contribution in [1.82, 2.24) is 4.98 Å². The minimum absolute atomic E-state index is 0.279. The van der Waals surface area contributed by atoms with Gasteiger partial charge >= 0.3 is 5.97 Å². The molecular formula is C21H31NO2. The van der Waals surface area contributed by atoms with Gasteiger partial charge < -0.3 is 9.72 Å². The van der Waals surface area contributed by atoms with Crippen LogP contribution in [0.4, 0.5) is 0 Å². The normalized spacial score (nSPS) is 11.1. The highest BCUT2D eigenvalue weighted by molar-refractivity contribution is 5.94. The molecular weight excluding hydrogens is 298 g/mol. The summed E-state index contributed by atoms with van der Waals surface area (Å²) in [6, 6.07) is 7.83.